The summed E-state index contributed by atoms with van der Waals surface area (Å²) in [6.45, 7) is 1.55. The number of hydrogen-bond acceptors (Lipinski definition) is 4. The van der Waals surface area contributed by atoms with Crippen LogP contribution in [0.4, 0.5) is 0 Å². The molecule has 0 rings (SSSR count). The van der Waals surface area contributed by atoms with Crippen LogP contribution in [0.2, 0.25) is 0 Å². The van der Waals surface area contributed by atoms with E-state index in [1.807, 2.05) is 0 Å². The fraction of sp³-hybridized carbons (Fsp3) is 0.750. The van der Waals surface area contributed by atoms with Crippen molar-refractivity contribution in [1.82, 2.24) is 0 Å². The standard InChI is InChI=1S/C4H8O4S/c1-2-3(4(5)6)9(7)8/h3,7-8H,2H2,1H3. The molecular formula is C4H8O4S. The smallest absolute Gasteiger partial charge is 0.319 e. The minimum absolute atomic E-state index is 0.179. The normalized spacial score (nSPS) is 13.8. The lowest BCUT2D eigenvalue weighted by Gasteiger charge is -2.05. The lowest BCUT2D eigenvalue weighted by atomic mass is 10.3. The molecule has 0 radical (unpaired) electrons. The Labute approximate surface area is 55.9 Å². The van der Waals surface area contributed by atoms with E-state index in [0.29, 0.717) is 0 Å². The zero-order valence-corrected chi connectivity index (χ0v) is 5.72. The van der Waals surface area contributed by atoms with Gasteiger partial charge in [0.2, 0.25) is 5.25 Å². The zero-order valence-electron chi connectivity index (χ0n) is 4.90. The molecule has 0 aliphatic heterocycles. The van der Waals surface area contributed by atoms with Crippen LogP contribution in [0.25, 0.3) is 0 Å². The summed E-state index contributed by atoms with van der Waals surface area (Å²) < 4.78 is 16.7. The monoisotopic (exact) mass is 152 g/mol. The highest BCUT2D eigenvalue weighted by Crippen LogP contribution is 2.01. The van der Waals surface area contributed by atoms with Crippen LogP contribution in [0.1, 0.15) is 13.3 Å². The van der Waals surface area contributed by atoms with Gasteiger partial charge in [-0.1, -0.05) is 6.92 Å². The second kappa shape index (κ2) is 3.71. The van der Waals surface area contributed by atoms with Crippen molar-refractivity contribution < 1.29 is 19.0 Å². The molecule has 0 bridgehead atoms. The summed E-state index contributed by atoms with van der Waals surface area (Å²) in [7, 11) is 0. The second-order valence-corrected chi connectivity index (χ2v) is 2.66. The van der Waals surface area contributed by atoms with Crippen LogP contribution in [0.5, 0.6) is 0 Å². The molecule has 54 valence electrons. The van der Waals surface area contributed by atoms with E-state index in [1.54, 1.807) is 6.92 Å². The summed E-state index contributed by atoms with van der Waals surface area (Å²) in [5.41, 5.74) is 0. The first-order chi connectivity index (χ1) is 4.09. The molecule has 9 heavy (non-hydrogen) atoms. The number of rotatable bonds is 3. The summed E-state index contributed by atoms with van der Waals surface area (Å²) >= 11 is -2.05. The van der Waals surface area contributed by atoms with Crippen LogP contribution in [-0.4, -0.2) is 20.3 Å². The summed E-state index contributed by atoms with van der Waals surface area (Å²) in [6.07, 6.45) is 0.179. The largest absolute Gasteiger partial charge is 0.544 e. The van der Waals surface area contributed by atoms with E-state index in [-0.39, 0.29) is 6.42 Å². The highest BCUT2D eigenvalue weighted by molar-refractivity contribution is 7.87. The van der Waals surface area contributed by atoms with Crippen molar-refractivity contribution in [3.8, 4) is 0 Å². The molecule has 0 aliphatic carbocycles. The average molecular weight is 152 g/mol. The highest BCUT2D eigenvalue weighted by Gasteiger charge is 2.27. The molecular weight excluding hydrogens is 144 g/mol. The molecule has 0 aromatic rings. The van der Waals surface area contributed by atoms with E-state index < -0.39 is 22.7 Å². The van der Waals surface area contributed by atoms with Gasteiger partial charge >= 0.3 is 11.5 Å². The zero-order chi connectivity index (χ0) is 7.44. The topological polar surface area (TPSA) is 80.6 Å². The Balaban J connectivity index is 3.83. The van der Waals surface area contributed by atoms with Crippen molar-refractivity contribution in [3.05, 3.63) is 0 Å². The molecule has 0 saturated heterocycles. The maximum atomic E-state index is 9.95. The Bertz CT molecular complexity index is 103. The Kier molecular flexibility index (Phi) is 3.60. The molecule has 4 nitrogen and oxygen atoms in total. The maximum absolute atomic E-state index is 9.95. The van der Waals surface area contributed by atoms with Crippen molar-refractivity contribution in [1.29, 1.82) is 0 Å². The minimum Gasteiger partial charge on any atom is -0.544 e. The number of carboxylic acids is 1. The molecule has 0 saturated carbocycles. The van der Waals surface area contributed by atoms with E-state index in [0.717, 1.165) is 0 Å². The van der Waals surface area contributed by atoms with Gasteiger partial charge in [-0.05, 0) is 0 Å². The van der Waals surface area contributed by atoms with E-state index in [9.17, 15) is 9.90 Å². The van der Waals surface area contributed by atoms with Gasteiger partial charge in [0.15, 0.2) is 0 Å². The van der Waals surface area contributed by atoms with E-state index in [4.69, 9.17) is 9.11 Å². The van der Waals surface area contributed by atoms with Crippen molar-refractivity contribution in [3.63, 3.8) is 0 Å². The van der Waals surface area contributed by atoms with E-state index in [1.165, 1.54) is 0 Å². The van der Waals surface area contributed by atoms with Crippen LogP contribution in [0.3, 0.4) is 0 Å². The van der Waals surface area contributed by atoms with Gasteiger partial charge < -0.3 is 9.90 Å². The molecule has 5 heteroatoms. The fourth-order valence-electron chi connectivity index (χ4n) is 0.402. The second-order valence-electron chi connectivity index (χ2n) is 1.51. The third-order valence-corrected chi connectivity index (χ3v) is 1.92. The molecule has 1 atom stereocenters. The first kappa shape index (κ1) is 8.74. The van der Waals surface area contributed by atoms with Crippen LogP contribution >= 0.6 is 0 Å². The Morgan fingerprint density at radius 3 is 2.22 bits per heavy atom. The quantitative estimate of drug-likeness (QED) is 0.512. The van der Waals surface area contributed by atoms with Gasteiger partial charge in [0, 0.05) is 6.42 Å². The SMILES string of the molecule is CCC(C(=O)[O-])[S+](O)O. The predicted molar refractivity (Wildman–Crippen MR) is 31.7 cm³/mol. The maximum Gasteiger partial charge on any atom is 0.319 e. The molecule has 0 aromatic heterocycles. The third-order valence-electron chi connectivity index (χ3n) is 0.888. The van der Waals surface area contributed by atoms with Gasteiger partial charge in [-0.15, -0.1) is 0 Å². The number of carbonyl (C=O) groups excluding carboxylic acids is 1. The minimum atomic E-state index is -2.05. The van der Waals surface area contributed by atoms with Gasteiger partial charge in [-0.25, -0.2) is 0 Å². The number of hydrogen-bond donors (Lipinski definition) is 2. The fourth-order valence-corrected chi connectivity index (χ4v) is 0.872. The van der Waals surface area contributed by atoms with Crippen molar-refractivity contribution in [2.24, 2.45) is 0 Å². The summed E-state index contributed by atoms with van der Waals surface area (Å²) in [5.74, 6) is -1.41. The van der Waals surface area contributed by atoms with E-state index in [2.05, 4.69) is 0 Å². The van der Waals surface area contributed by atoms with Crippen molar-refractivity contribution in [2.45, 2.75) is 18.6 Å². The van der Waals surface area contributed by atoms with Gasteiger partial charge in [0.05, 0.1) is 0 Å². The van der Waals surface area contributed by atoms with Gasteiger partial charge in [-0.3, -0.25) is 0 Å². The first-order valence-corrected chi connectivity index (χ1v) is 3.61. The van der Waals surface area contributed by atoms with Crippen molar-refractivity contribution >= 4 is 17.4 Å². The molecule has 0 aliphatic rings. The van der Waals surface area contributed by atoms with Gasteiger partial charge in [0.25, 0.3) is 0 Å². The van der Waals surface area contributed by atoms with Gasteiger partial charge in [0.1, 0.15) is 5.97 Å². The van der Waals surface area contributed by atoms with Crippen LogP contribution in [0, 0.1) is 0 Å². The number of carbonyl (C=O) groups is 1. The molecule has 0 amide bonds. The molecule has 0 aromatic carbocycles. The molecule has 2 N–H and O–H groups in total. The van der Waals surface area contributed by atoms with Crippen LogP contribution in [-0.2, 0) is 16.3 Å². The Morgan fingerprint density at radius 2 is 2.22 bits per heavy atom. The molecule has 0 heterocycles. The number of aliphatic carboxylic acids is 1. The molecule has 1 unspecified atom stereocenters. The van der Waals surface area contributed by atoms with Crippen LogP contribution in [0.15, 0.2) is 0 Å². The predicted octanol–water partition coefficient (Wildman–Crippen LogP) is -0.921. The summed E-state index contributed by atoms with van der Waals surface area (Å²) in [5, 5.41) is 8.81. The molecule has 0 spiro atoms. The van der Waals surface area contributed by atoms with Crippen molar-refractivity contribution in [2.75, 3.05) is 0 Å². The average Bonchev–Trinajstić information content (AvgIpc) is 1.64. The first-order valence-electron chi connectivity index (χ1n) is 2.41. The Hall–Kier alpha value is -0.260. The van der Waals surface area contributed by atoms with Gasteiger partial charge in [-0.2, -0.15) is 9.11 Å². The number of carboxylic acid groups (broad SMARTS) is 1. The lowest BCUT2D eigenvalue weighted by Crippen LogP contribution is -2.40. The Morgan fingerprint density at radius 1 is 1.78 bits per heavy atom. The third kappa shape index (κ3) is 2.69. The molecule has 0 fully saturated rings. The van der Waals surface area contributed by atoms with Crippen LogP contribution < -0.4 is 5.11 Å². The highest BCUT2D eigenvalue weighted by atomic mass is 32.2. The van der Waals surface area contributed by atoms with E-state index >= 15 is 0 Å². The summed E-state index contributed by atoms with van der Waals surface area (Å²) in [4.78, 5) is 9.95. The lowest BCUT2D eigenvalue weighted by molar-refractivity contribution is -0.305. The summed E-state index contributed by atoms with van der Waals surface area (Å²) in [6, 6.07) is 0.